The highest BCUT2D eigenvalue weighted by Crippen LogP contribution is 2.20. The number of nitrogens with zero attached hydrogens (tertiary/aromatic N) is 1. The average molecular weight is 230 g/mol. The molecule has 0 radical (unpaired) electrons. The smallest absolute Gasteiger partial charge is 0.0483 e. The normalized spacial score (nSPS) is 11.2. The van der Waals surface area contributed by atoms with E-state index in [0.717, 1.165) is 19.6 Å². The van der Waals surface area contributed by atoms with Gasteiger partial charge in [-0.05, 0) is 30.7 Å². The molecule has 1 N–H and O–H groups in total. The first-order valence-corrected chi connectivity index (χ1v) is 6.64. The van der Waals surface area contributed by atoms with Crippen molar-refractivity contribution in [1.29, 1.82) is 0 Å². The van der Waals surface area contributed by atoms with E-state index in [1.54, 1.807) is 0 Å². The van der Waals surface area contributed by atoms with E-state index in [4.69, 9.17) is 0 Å². The highest BCUT2D eigenvalue weighted by Gasteiger charge is 2.04. The Morgan fingerprint density at radius 1 is 1.18 bits per heavy atom. The van der Waals surface area contributed by atoms with Crippen LogP contribution in [0.25, 0.3) is 10.9 Å². The van der Waals surface area contributed by atoms with Crippen molar-refractivity contribution in [2.45, 2.75) is 39.8 Å². The zero-order valence-corrected chi connectivity index (χ0v) is 10.9. The fourth-order valence-electron chi connectivity index (χ4n) is 2.22. The molecule has 2 aromatic rings. The standard InChI is InChI=1S/C15H22N2/c1-3-5-10-17-11-9-14-13(12-16-4-2)7-6-8-15(14)17/h6-9,11,16H,3-5,10,12H2,1-2H3. The van der Waals surface area contributed by atoms with Crippen molar-refractivity contribution in [3.8, 4) is 0 Å². The number of benzene rings is 1. The lowest BCUT2D eigenvalue weighted by Crippen LogP contribution is -2.11. The number of hydrogen-bond acceptors (Lipinski definition) is 1. The van der Waals surface area contributed by atoms with Crippen LogP contribution < -0.4 is 5.32 Å². The maximum Gasteiger partial charge on any atom is 0.0483 e. The molecule has 0 aliphatic carbocycles. The molecule has 0 aliphatic rings. The van der Waals surface area contributed by atoms with Gasteiger partial charge in [0.2, 0.25) is 0 Å². The number of nitrogens with one attached hydrogen (secondary N) is 1. The molecule has 17 heavy (non-hydrogen) atoms. The molecule has 0 unspecified atom stereocenters. The summed E-state index contributed by atoms with van der Waals surface area (Å²) in [6.07, 6.45) is 4.72. The molecule has 92 valence electrons. The zero-order chi connectivity index (χ0) is 12.1. The lowest BCUT2D eigenvalue weighted by molar-refractivity contribution is 0.650. The second-order valence-electron chi connectivity index (χ2n) is 4.49. The monoisotopic (exact) mass is 230 g/mol. The summed E-state index contributed by atoms with van der Waals surface area (Å²) in [5.74, 6) is 0. The summed E-state index contributed by atoms with van der Waals surface area (Å²) in [6.45, 7) is 7.50. The Labute approximate surface area is 104 Å². The Balaban J connectivity index is 2.28. The van der Waals surface area contributed by atoms with Gasteiger partial charge in [0.1, 0.15) is 0 Å². The van der Waals surface area contributed by atoms with Gasteiger partial charge in [0, 0.05) is 30.2 Å². The number of aromatic nitrogens is 1. The van der Waals surface area contributed by atoms with Crippen LogP contribution in [0.5, 0.6) is 0 Å². The topological polar surface area (TPSA) is 17.0 Å². The van der Waals surface area contributed by atoms with E-state index in [2.05, 4.69) is 54.2 Å². The van der Waals surface area contributed by atoms with Gasteiger partial charge in [0.25, 0.3) is 0 Å². The summed E-state index contributed by atoms with van der Waals surface area (Å²) in [5.41, 5.74) is 2.77. The molecule has 0 atom stereocenters. The van der Waals surface area contributed by atoms with E-state index < -0.39 is 0 Å². The molecule has 1 heterocycles. The quantitative estimate of drug-likeness (QED) is 0.803. The van der Waals surface area contributed by atoms with E-state index in [1.165, 1.54) is 29.3 Å². The summed E-state index contributed by atoms with van der Waals surface area (Å²) in [6, 6.07) is 8.85. The van der Waals surface area contributed by atoms with Crippen LogP contribution in [-0.2, 0) is 13.1 Å². The van der Waals surface area contributed by atoms with Crippen LogP contribution in [0.1, 0.15) is 32.3 Å². The van der Waals surface area contributed by atoms with Crippen molar-refractivity contribution in [1.82, 2.24) is 9.88 Å². The van der Waals surface area contributed by atoms with Crippen LogP contribution in [-0.4, -0.2) is 11.1 Å². The Morgan fingerprint density at radius 3 is 2.82 bits per heavy atom. The first kappa shape index (κ1) is 12.2. The minimum absolute atomic E-state index is 0.964. The van der Waals surface area contributed by atoms with Gasteiger partial charge < -0.3 is 9.88 Å². The third kappa shape index (κ3) is 2.70. The van der Waals surface area contributed by atoms with Gasteiger partial charge in [0.15, 0.2) is 0 Å². The third-order valence-corrected chi connectivity index (χ3v) is 3.22. The van der Waals surface area contributed by atoms with Gasteiger partial charge in [-0.15, -0.1) is 0 Å². The molecule has 0 aliphatic heterocycles. The molecular formula is C15H22N2. The number of fused-ring (bicyclic) bond motifs is 1. The second kappa shape index (κ2) is 5.87. The lowest BCUT2D eigenvalue weighted by Gasteiger charge is -2.07. The molecule has 0 fully saturated rings. The molecule has 0 saturated carbocycles. The van der Waals surface area contributed by atoms with Crippen molar-refractivity contribution in [2.75, 3.05) is 6.54 Å². The van der Waals surface area contributed by atoms with Crippen molar-refractivity contribution >= 4 is 10.9 Å². The summed E-state index contributed by atoms with van der Waals surface area (Å²) < 4.78 is 2.37. The van der Waals surface area contributed by atoms with Crippen molar-refractivity contribution in [3.63, 3.8) is 0 Å². The van der Waals surface area contributed by atoms with Crippen LogP contribution >= 0.6 is 0 Å². The SMILES string of the molecule is CCCCn1ccc2c(CNCC)cccc21. The van der Waals surface area contributed by atoms with Gasteiger partial charge in [0.05, 0.1) is 0 Å². The number of unbranched alkanes of at least 4 members (excludes halogenated alkanes) is 1. The molecule has 0 bridgehead atoms. The number of rotatable bonds is 6. The number of aryl methyl sites for hydroxylation is 1. The molecular weight excluding hydrogens is 208 g/mol. The van der Waals surface area contributed by atoms with Gasteiger partial charge >= 0.3 is 0 Å². The highest BCUT2D eigenvalue weighted by atomic mass is 14.9. The predicted molar refractivity (Wildman–Crippen MR) is 74.2 cm³/mol. The van der Waals surface area contributed by atoms with Gasteiger partial charge in [-0.1, -0.05) is 32.4 Å². The van der Waals surface area contributed by atoms with E-state index >= 15 is 0 Å². The fraction of sp³-hybridized carbons (Fsp3) is 0.467. The van der Waals surface area contributed by atoms with Gasteiger partial charge in [-0.25, -0.2) is 0 Å². The summed E-state index contributed by atoms with van der Waals surface area (Å²) in [5, 5.41) is 4.79. The Bertz CT molecular complexity index is 471. The Morgan fingerprint density at radius 2 is 2.06 bits per heavy atom. The lowest BCUT2D eigenvalue weighted by atomic mass is 10.1. The van der Waals surface area contributed by atoms with Crippen molar-refractivity contribution in [2.24, 2.45) is 0 Å². The summed E-state index contributed by atoms with van der Waals surface area (Å²) >= 11 is 0. The van der Waals surface area contributed by atoms with E-state index in [0.29, 0.717) is 0 Å². The van der Waals surface area contributed by atoms with E-state index in [9.17, 15) is 0 Å². The second-order valence-corrected chi connectivity index (χ2v) is 4.49. The maximum atomic E-state index is 3.40. The van der Waals surface area contributed by atoms with Crippen molar-refractivity contribution < 1.29 is 0 Å². The van der Waals surface area contributed by atoms with Crippen LogP contribution in [0.3, 0.4) is 0 Å². The zero-order valence-electron chi connectivity index (χ0n) is 10.9. The van der Waals surface area contributed by atoms with Crippen LogP contribution in [0, 0.1) is 0 Å². The highest BCUT2D eigenvalue weighted by molar-refractivity contribution is 5.83. The summed E-state index contributed by atoms with van der Waals surface area (Å²) in [4.78, 5) is 0. The Hall–Kier alpha value is -1.28. The van der Waals surface area contributed by atoms with Crippen LogP contribution in [0.15, 0.2) is 30.5 Å². The number of hydrogen-bond donors (Lipinski definition) is 1. The molecule has 0 spiro atoms. The molecule has 0 amide bonds. The van der Waals surface area contributed by atoms with Gasteiger partial charge in [-0.2, -0.15) is 0 Å². The first-order valence-electron chi connectivity index (χ1n) is 6.64. The predicted octanol–water partition coefficient (Wildman–Crippen LogP) is 3.55. The van der Waals surface area contributed by atoms with Gasteiger partial charge in [-0.3, -0.25) is 0 Å². The first-order chi connectivity index (χ1) is 8.36. The summed E-state index contributed by atoms with van der Waals surface area (Å²) in [7, 11) is 0. The minimum Gasteiger partial charge on any atom is -0.347 e. The molecule has 0 saturated heterocycles. The average Bonchev–Trinajstić information content (AvgIpc) is 2.77. The largest absolute Gasteiger partial charge is 0.347 e. The maximum absolute atomic E-state index is 3.40. The molecule has 2 nitrogen and oxygen atoms in total. The third-order valence-electron chi connectivity index (χ3n) is 3.22. The molecule has 1 aromatic heterocycles. The van der Waals surface area contributed by atoms with Crippen LogP contribution in [0.4, 0.5) is 0 Å². The minimum atomic E-state index is 0.964. The molecule has 1 aromatic carbocycles. The van der Waals surface area contributed by atoms with E-state index in [-0.39, 0.29) is 0 Å². The Kier molecular flexibility index (Phi) is 4.21. The molecule has 2 heteroatoms. The van der Waals surface area contributed by atoms with Crippen molar-refractivity contribution in [3.05, 3.63) is 36.0 Å². The van der Waals surface area contributed by atoms with E-state index in [1.807, 2.05) is 0 Å². The fourth-order valence-corrected chi connectivity index (χ4v) is 2.22. The molecule has 2 rings (SSSR count). The van der Waals surface area contributed by atoms with Crippen LogP contribution in [0.2, 0.25) is 0 Å².